The number of benzene rings is 1. The van der Waals surface area contributed by atoms with Crippen molar-refractivity contribution in [1.82, 2.24) is 10.6 Å². The third kappa shape index (κ3) is 5.44. The fourth-order valence-electron chi connectivity index (χ4n) is 2.21. The number of rotatable bonds is 5. The number of hydrogen-bond donors (Lipinski definition) is 2. The van der Waals surface area contributed by atoms with Crippen LogP contribution in [0.3, 0.4) is 0 Å². The van der Waals surface area contributed by atoms with Crippen molar-refractivity contribution >= 4 is 18.3 Å². The Balaban J connectivity index is 0.00000220. The molecule has 6 heteroatoms. The fraction of sp³-hybridized carbons (Fsp3) is 0.533. The maximum atomic E-state index is 12.1. The molecule has 2 atom stereocenters. The molecule has 0 bridgehead atoms. The molecule has 0 radical (unpaired) electrons. The van der Waals surface area contributed by atoms with Crippen LogP contribution in [-0.4, -0.2) is 38.3 Å². The zero-order chi connectivity index (χ0) is 14.4. The number of carbonyl (C=O) groups excluding carboxylic acids is 1. The van der Waals surface area contributed by atoms with Crippen LogP contribution in [0, 0.1) is 0 Å². The molecule has 2 rings (SSSR count). The maximum Gasteiger partial charge on any atom is 0.261 e. The van der Waals surface area contributed by atoms with Crippen LogP contribution in [0.15, 0.2) is 24.3 Å². The van der Waals surface area contributed by atoms with Gasteiger partial charge in [0.1, 0.15) is 11.5 Å². The van der Waals surface area contributed by atoms with E-state index >= 15 is 0 Å². The summed E-state index contributed by atoms with van der Waals surface area (Å²) in [6.07, 6.45) is 1.61. The zero-order valence-corrected chi connectivity index (χ0v) is 13.2. The molecular weight excluding hydrogens is 292 g/mol. The molecule has 1 unspecified atom stereocenters. The van der Waals surface area contributed by atoms with E-state index < -0.39 is 6.10 Å². The smallest absolute Gasteiger partial charge is 0.261 e. The molecule has 1 aromatic rings. The Kier molecular flexibility index (Phi) is 7.32. The molecule has 1 aliphatic rings. The van der Waals surface area contributed by atoms with E-state index in [1.54, 1.807) is 26.2 Å². The summed E-state index contributed by atoms with van der Waals surface area (Å²) in [5.74, 6) is 1.35. The first-order chi connectivity index (χ1) is 9.69. The van der Waals surface area contributed by atoms with Gasteiger partial charge < -0.3 is 20.1 Å². The molecule has 0 saturated carbocycles. The van der Waals surface area contributed by atoms with Crippen LogP contribution in [0.4, 0.5) is 0 Å². The maximum absolute atomic E-state index is 12.1. The Hall–Kier alpha value is -1.46. The quantitative estimate of drug-likeness (QED) is 0.869. The Morgan fingerprint density at radius 1 is 1.33 bits per heavy atom. The number of amides is 1. The molecular formula is C15H23ClN2O3. The van der Waals surface area contributed by atoms with Gasteiger partial charge >= 0.3 is 0 Å². The van der Waals surface area contributed by atoms with Crippen molar-refractivity contribution in [2.45, 2.75) is 31.9 Å². The van der Waals surface area contributed by atoms with Crippen LogP contribution in [0.1, 0.15) is 19.8 Å². The van der Waals surface area contributed by atoms with E-state index in [2.05, 4.69) is 10.6 Å². The summed E-state index contributed by atoms with van der Waals surface area (Å²) in [6.45, 7) is 3.63. The van der Waals surface area contributed by atoms with Crippen LogP contribution in [0.2, 0.25) is 0 Å². The lowest BCUT2D eigenvalue weighted by molar-refractivity contribution is -0.128. The number of carbonyl (C=O) groups is 1. The topological polar surface area (TPSA) is 59.6 Å². The average Bonchev–Trinajstić information content (AvgIpc) is 2.49. The van der Waals surface area contributed by atoms with Gasteiger partial charge in [-0.2, -0.15) is 0 Å². The lowest BCUT2D eigenvalue weighted by Crippen LogP contribution is -2.49. The number of methoxy groups -OCH3 is 1. The van der Waals surface area contributed by atoms with Crippen LogP contribution < -0.4 is 20.1 Å². The second-order valence-electron chi connectivity index (χ2n) is 4.99. The monoisotopic (exact) mass is 314 g/mol. The van der Waals surface area contributed by atoms with Gasteiger partial charge in [0.15, 0.2) is 6.10 Å². The highest BCUT2D eigenvalue weighted by molar-refractivity contribution is 5.85. The summed E-state index contributed by atoms with van der Waals surface area (Å²) < 4.78 is 10.7. The van der Waals surface area contributed by atoms with Crippen molar-refractivity contribution in [2.75, 3.05) is 20.2 Å². The lowest BCUT2D eigenvalue weighted by atomic mass is 10.1. The van der Waals surface area contributed by atoms with Gasteiger partial charge in [-0.1, -0.05) is 0 Å². The van der Waals surface area contributed by atoms with Crippen LogP contribution in [0.25, 0.3) is 0 Å². The van der Waals surface area contributed by atoms with Gasteiger partial charge in [-0.15, -0.1) is 12.4 Å². The van der Waals surface area contributed by atoms with Crippen molar-refractivity contribution in [3.63, 3.8) is 0 Å². The summed E-state index contributed by atoms with van der Waals surface area (Å²) in [5.41, 5.74) is 0. The Labute approximate surface area is 131 Å². The standard InChI is InChI=1S/C15H22N2O3.ClH/c1-11(15(18)17-12-4-3-9-16-10-12)20-14-7-5-13(19-2)6-8-14;/h5-8,11-12,16H,3-4,9-10H2,1-2H3,(H,17,18);1H/t11?,12-;/m0./s1. The molecule has 2 N–H and O–H groups in total. The Morgan fingerprint density at radius 2 is 2.00 bits per heavy atom. The SMILES string of the molecule is COc1ccc(OC(C)C(=O)N[C@H]2CCCNC2)cc1.Cl. The minimum atomic E-state index is -0.509. The van der Waals surface area contributed by atoms with E-state index in [0.717, 1.165) is 31.7 Å². The van der Waals surface area contributed by atoms with E-state index in [1.165, 1.54) is 0 Å². The summed E-state index contributed by atoms with van der Waals surface area (Å²) in [6, 6.07) is 7.42. The third-order valence-corrected chi connectivity index (χ3v) is 3.38. The molecule has 1 aromatic carbocycles. The minimum Gasteiger partial charge on any atom is -0.497 e. The molecule has 0 aliphatic carbocycles. The zero-order valence-electron chi connectivity index (χ0n) is 12.4. The van der Waals surface area contributed by atoms with Gasteiger partial charge in [-0.25, -0.2) is 0 Å². The van der Waals surface area contributed by atoms with Gasteiger partial charge in [-0.05, 0) is 50.6 Å². The molecule has 1 fully saturated rings. The summed E-state index contributed by atoms with van der Waals surface area (Å²) in [5, 5.41) is 6.28. The highest BCUT2D eigenvalue weighted by Gasteiger charge is 2.20. The average molecular weight is 315 g/mol. The summed E-state index contributed by atoms with van der Waals surface area (Å²) in [4.78, 5) is 12.1. The predicted molar refractivity (Wildman–Crippen MR) is 84.4 cm³/mol. The van der Waals surface area contributed by atoms with Crippen molar-refractivity contribution in [3.05, 3.63) is 24.3 Å². The number of ether oxygens (including phenoxy) is 2. The predicted octanol–water partition coefficient (Wildman–Crippen LogP) is 1.75. The number of nitrogens with one attached hydrogen (secondary N) is 2. The van der Waals surface area contributed by atoms with E-state index in [0.29, 0.717) is 5.75 Å². The van der Waals surface area contributed by atoms with E-state index in [1.807, 2.05) is 12.1 Å². The van der Waals surface area contributed by atoms with Crippen molar-refractivity contribution in [2.24, 2.45) is 0 Å². The first kappa shape index (κ1) is 17.6. The second kappa shape index (κ2) is 8.74. The lowest BCUT2D eigenvalue weighted by Gasteiger charge is -2.25. The number of halogens is 1. The molecule has 1 saturated heterocycles. The normalized spacial score (nSPS) is 19.0. The first-order valence-corrected chi connectivity index (χ1v) is 7.01. The minimum absolute atomic E-state index is 0. The first-order valence-electron chi connectivity index (χ1n) is 7.01. The molecule has 1 heterocycles. The van der Waals surface area contributed by atoms with E-state index in [4.69, 9.17) is 9.47 Å². The molecule has 21 heavy (non-hydrogen) atoms. The van der Waals surface area contributed by atoms with Gasteiger partial charge in [-0.3, -0.25) is 4.79 Å². The molecule has 5 nitrogen and oxygen atoms in total. The van der Waals surface area contributed by atoms with Crippen molar-refractivity contribution < 1.29 is 14.3 Å². The van der Waals surface area contributed by atoms with E-state index in [9.17, 15) is 4.79 Å². The fourth-order valence-corrected chi connectivity index (χ4v) is 2.21. The Bertz CT molecular complexity index is 433. The van der Waals surface area contributed by atoms with Gasteiger partial charge in [0.25, 0.3) is 5.91 Å². The largest absolute Gasteiger partial charge is 0.497 e. The molecule has 0 spiro atoms. The van der Waals surface area contributed by atoms with Gasteiger partial charge in [0, 0.05) is 12.6 Å². The summed E-state index contributed by atoms with van der Waals surface area (Å²) >= 11 is 0. The summed E-state index contributed by atoms with van der Waals surface area (Å²) in [7, 11) is 1.62. The van der Waals surface area contributed by atoms with Gasteiger partial charge in [0.05, 0.1) is 7.11 Å². The molecule has 1 aliphatic heterocycles. The molecule has 118 valence electrons. The number of hydrogen-bond acceptors (Lipinski definition) is 4. The van der Waals surface area contributed by atoms with Crippen LogP contribution >= 0.6 is 12.4 Å². The van der Waals surface area contributed by atoms with Crippen LogP contribution in [0.5, 0.6) is 11.5 Å². The van der Waals surface area contributed by atoms with Crippen molar-refractivity contribution in [3.8, 4) is 11.5 Å². The van der Waals surface area contributed by atoms with Gasteiger partial charge in [0.2, 0.25) is 0 Å². The van der Waals surface area contributed by atoms with Crippen LogP contribution in [-0.2, 0) is 4.79 Å². The number of piperidine rings is 1. The molecule has 0 aromatic heterocycles. The molecule has 1 amide bonds. The highest BCUT2D eigenvalue weighted by Crippen LogP contribution is 2.18. The second-order valence-corrected chi connectivity index (χ2v) is 4.99. The highest BCUT2D eigenvalue weighted by atomic mass is 35.5. The van der Waals surface area contributed by atoms with Crippen molar-refractivity contribution in [1.29, 1.82) is 0 Å². The van der Waals surface area contributed by atoms with E-state index in [-0.39, 0.29) is 24.4 Å². The third-order valence-electron chi connectivity index (χ3n) is 3.38. The Morgan fingerprint density at radius 3 is 2.57 bits per heavy atom.